The second-order valence-corrected chi connectivity index (χ2v) is 10.9. The third kappa shape index (κ3) is 4.25. The maximum Gasteiger partial charge on any atom is 0.136 e. The summed E-state index contributed by atoms with van der Waals surface area (Å²) in [6, 6.07) is 46.6. The Kier molecular flexibility index (Phi) is 6.08. The van der Waals surface area contributed by atoms with Gasteiger partial charge in [0.1, 0.15) is 11.2 Å². The number of hydrogen-bond donors (Lipinski definition) is 1. The summed E-state index contributed by atoms with van der Waals surface area (Å²) in [7, 11) is 0. The number of nitrogens with two attached hydrogens (primary N) is 1. The Hall–Kier alpha value is -5.96. The van der Waals surface area contributed by atoms with Crippen molar-refractivity contribution in [1.29, 1.82) is 5.26 Å². The van der Waals surface area contributed by atoms with Crippen LogP contribution in [0.2, 0.25) is 0 Å². The Morgan fingerprint density at radius 3 is 2.32 bits per heavy atom. The molecule has 8 rings (SSSR count). The SMILES string of the molecule is N#Cc1cccc(C(N)c2ccccc2/N=C/c2ccc(-n3c4ccccc4c4cc5oc6ccccc6c5cc43)cc2)c1. The number of nitriles is 1. The number of hydrogen-bond acceptors (Lipinski definition) is 4. The molecule has 0 saturated heterocycles. The summed E-state index contributed by atoms with van der Waals surface area (Å²) in [5, 5.41) is 13.9. The van der Waals surface area contributed by atoms with Crippen LogP contribution in [0.4, 0.5) is 5.69 Å². The number of para-hydroxylation sites is 3. The Bertz CT molecular complexity index is 2420. The second-order valence-electron chi connectivity index (χ2n) is 10.9. The van der Waals surface area contributed by atoms with Crippen LogP contribution >= 0.6 is 0 Å². The number of aromatic nitrogens is 1. The predicted octanol–water partition coefficient (Wildman–Crippen LogP) is 9.35. The van der Waals surface area contributed by atoms with Crippen molar-refractivity contribution < 1.29 is 4.42 Å². The van der Waals surface area contributed by atoms with Crippen LogP contribution in [-0.2, 0) is 0 Å². The predicted molar refractivity (Wildman–Crippen MR) is 179 cm³/mol. The molecule has 0 spiro atoms. The van der Waals surface area contributed by atoms with Gasteiger partial charge in [-0.15, -0.1) is 0 Å². The molecule has 5 nitrogen and oxygen atoms in total. The minimum atomic E-state index is -0.395. The first kappa shape index (κ1) is 25.7. The van der Waals surface area contributed by atoms with E-state index in [0.717, 1.165) is 66.4 Å². The normalized spacial score (nSPS) is 12.5. The maximum atomic E-state index is 9.31. The first-order chi connectivity index (χ1) is 21.7. The zero-order valence-corrected chi connectivity index (χ0v) is 23.7. The number of aliphatic imine (C=N–C) groups is 1. The molecule has 208 valence electrons. The van der Waals surface area contributed by atoms with Gasteiger partial charge in [-0.05, 0) is 71.3 Å². The molecular formula is C39H26N4O. The van der Waals surface area contributed by atoms with E-state index in [1.807, 2.05) is 60.8 Å². The van der Waals surface area contributed by atoms with Gasteiger partial charge >= 0.3 is 0 Å². The van der Waals surface area contributed by atoms with Gasteiger partial charge in [-0.3, -0.25) is 4.99 Å². The van der Waals surface area contributed by atoms with E-state index >= 15 is 0 Å². The van der Waals surface area contributed by atoms with Crippen molar-refractivity contribution in [1.82, 2.24) is 4.57 Å². The molecule has 1 atom stereocenters. The third-order valence-corrected chi connectivity index (χ3v) is 8.32. The molecule has 0 fully saturated rings. The van der Waals surface area contributed by atoms with Crippen molar-refractivity contribution in [2.24, 2.45) is 10.7 Å². The largest absolute Gasteiger partial charge is 0.456 e. The lowest BCUT2D eigenvalue weighted by Gasteiger charge is -2.15. The summed E-state index contributed by atoms with van der Waals surface area (Å²) in [6.45, 7) is 0. The molecule has 0 aliphatic carbocycles. The van der Waals surface area contributed by atoms with Gasteiger partial charge in [0.15, 0.2) is 0 Å². The molecule has 6 aromatic carbocycles. The van der Waals surface area contributed by atoms with Crippen LogP contribution in [-0.4, -0.2) is 10.8 Å². The minimum Gasteiger partial charge on any atom is -0.456 e. The van der Waals surface area contributed by atoms with Crippen molar-refractivity contribution in [3.05, 3.63) is 156 Å². The average molecular weight is 567 g/mol. The van der Waals surface area contributed by atoms with E-state index in [2.05, 4.69) is 83.4 Å². The zero-order chi connectivity index (χ0) is 29.6. The van der Waals surface area contributed by atoms with Gasteiger partial charge in [-0.25, -0.2) is 0 Å². The first-order valence-corrected chi connectivity index (χ1v) is 14.5. The fraction of sp³-hybridized carbons (Fsp3) is 0.0256. The van der Waals surface area contributed by atoms with Crippen LogP contribution in [0.3, 0.4) is 0 Å². The lowest BCUT2D eigenvalue weighted by atomic mass is 9.97. The molecule has 2 heterocycles. The van der Waals surface area contributed by atoms with Crippen LogP contribution in [0.5, 0.6) is 0 Å². The highest BCUT2D eigenvalue weighted by Gasteiger charge is 2.16. The topological polar surface area (TPSA) is 80.2 Å². The van der Waals surface area contributed by atoms with Gasteiger partial charge in [0.25, 0.3) is 0 Å². The van der Waals surface area contributed by atoms with Crippen molar-refractivity contribution in [3.63, 3.8) is 0 Å². The van der Waals surface area contributed by atoms with Crippen molar-refractivity contribution in [2.75, 3.05) is 0 Å². The number of nitrogens with zero attached hydrogens (tertiary/aromatic N) is 3. The molecule has 5 heteroatoms. The smallest absolute Gasteiger partial charge is 0.136 e. The van der Waals surface area contributed by atoms with Gasteiger partial charge in [0.2, 0.25) is 0 Å². The quantitative estimate of drug-likeness (QED) is 0.211. The van der Waals surface area contributed by atoms with E-state index in [0.29, 0.717) is 5.56 Å². The second kappa shape index (κ2) is 10.4. The Labute approximate surface area is 253 Å². The fourth-order valence-corrected chi connectivity index (χ4v) is 6.17. The van der Waals surface area contributed by atoms with E-state index < -0.39 is 6.04 Å². The molecule has 0 saturated carbocycles. The number of fused-ring (bicyclic) bond motifs is 6. The molecule has 0 radical (unpaired) electrons. The molecular weight excluding hydrogens is 540 g/mol. The number of rotatable bonds is 5. The van der Waals surface area contributed by atoms with E-state index in [-0.39, 0.29) is 0 Å². The summed E-state index contributed by atoms with van der Waals surface area (Å²) in [5.41, 5.74) is 15.9. The minimum absolute atomic E-state index is 0.395. The molecule has 0 bridgehead atoms. The fourth-order valence-electron chi connectivity index (χ4n) is 6.17. The highest BCUT2D eigenvalue weighted by Crippen LogP contribution is 2.38. The molecule has 8 aromatic rings. The standard InChI is InChI=1S/C39H26N4O/c40-23-26-8-7-9-27(20-26)39(41)31-12-1-4-13-34(31)42-24-25-16-18-28(19-17-25)43-35-14-5-2-10-29(35)32-22-38-33(21-36(32)43)30-11-3-6-15-37(30)44-38/h1-22,24,39H,41H2/b42-24+. The Balaban J connectivity index is 1.17. The third-order valence-electron chi connectivity index (χ3n) is 8.32. The van der Waals surface area contributed by atoms with Crippen molar-refractivity contribution in [2.45, 2.75) is 6.04 Å². The monoisotopic (exact) mass is 566 g/mol. The van der Waals surface area contributed by atoms with Crippen LogP contribution in [0, 0.1) is 11.3 Å². The van der Waals surface area contributed by atoms with Gasteiger partial charge in [-0.2, -0.15) is 5.26 Å². The molecule has 1 unspecified atom stereocenters. The summed E-state index contributed by atoms with van der Waals surface area (Å²) in [5.74, 6) is 0. The summed E-state index contributed by atoms with van der Waals surface area (Å²) < 4.78 is 8.53. The Morgan fingerprint density at radius 2 is 1.45 bits per heavy atom. The van der Waals surface area contributed by atoms with Crippen molar-refractivity contribution >= 4 is 55.6 Å². The van der Waals surface area contributed by atoms with Crippen LogP contribution in [0.1, 0.15) is 28.3 Å². The van der Waals surface area contributed by atoms with Crippen LogP contribution in [0.15, 0.2) is 143 Å². The highest BCUT2D eigenvalue weighted by molar-refractivity contribution is 6.17. The molecule has 0 amide bonds. The molecule has 0 aliphatic rings. The summed E-state index contributed by atoms with van der Waals surface area (Å²) >= 11 is 0. The lowest BCUT2D eigenvalue weighted by molar-refractivity contribution is 0.669. The summed E-state index contributed by atoms with van der Waals surface area (Å²) in [6.07, 6.45) is 1.87. The number of benzene rings is 6. The highest BCUT2D eigenvalue weighted by atomic mass is 16.3. The van der Waals surface area contributed by atoms with Gasteiger partial charge in [-0.1, -0.05) is 78.9 Å². The van der Waals surface area contributed by atoms with Gasteiger partial charge < -0.3 is 14.7 Å². The van der Waals surface area contributed by atoms with E-state index in [1.54, 1.807) is 6.07 Å². The van der Waals surface area contributed by atoms with E-state index in [4.69, 9.17) is 15.1 Å². The lowest BCUT2D eigenvalue weighted by Crippen LogP contribution is -2.12. The maximum absolute atomic E-state index is 9.31. The molecule has 0 aliphatic heterocycles. The zero-order valence-electron chi connectivity index (χ0n) is 23.7. The molecule has 2 aromatic heterocycles. The van der Waals surface area contributed by atoms with E-state index in [9.17, 15) is 5.26 Å². The molecule has 44 heavy (non-hydrogen) atoms. The van der Waals surface area contributed by atoms with Gasteiger partial charge in [0, 0.05) is 33.4 Å². The summed E-state index contributed by atoms with van der Waals surface area (Å²) in [4.78, 5) is 4.83. The van der Waals surface area contributed by atoms with Gasteiger partial charge in [0.05, 0.1) is 34.4 Å². The average Bonchev–Trinajstić information content (AvgIpc) is 3.61. The molecule has 2 N–H and O–H groups in total. The Morgan fingerprint density at radius 1 is 0.682 bits per heavy atom. The first-order valence-electron chi connectivity index (χ1n) is 14.5. The van der Waals surface area contributed by atoms with Crippen LogP contribution < -0.4 is 5.73 Å². The van der Waals surface area contributed by atoms with Crippen molar-refractivity contribution in [3.8, 4) is 11.8 Å². The van der Waals surface area contributed by atoms with E-state index in [1.165, 1.54) is 5.39 Å². The number of furan rings is 1. The van der Waals surface area contributed by atoms with Crippen LogP contribution in [0.25, 0.3) is 49.4 Å².